The minimum Gasteiger partial charge on any atom is -0.367 e. The molecule has 2 heteroatoms. The van der Waals surface area contributed by atoms with E-state index in [9.17, 15) is 0 Å². The Morgan fingerprint density at radius 2 is 1.84 bits per heavy atom. The molecule has 1 aliphatic carbocycles. The van der Waals surface area contributed by atoms with E-state index in [4.69, 9.17) is 4.98 Å². The van der Waals surface area contributed by atoms with E-state index in [1.165, 1.54) is 24.6 Å². The fourth-order valence-corrected chi connectivity index (χ4v) is 3.03. The number of pyridine rings is 1. The Balaban J connectivity index is 1.74. The van der Waals surface area contributed by atoms with Crippen molar-refractivity contribution < 1.29 is 0 Å². The van der Waals surface area contributed by atoms with Crippen LogP contribution in [0.3, 0.4) is 0 Å². The summed E-state index contributed by atoms with van der Waals surface area (Å²) < 4.78 is 0. The van der Waals surface area contributed by atoms with Crippen LogP contribution >= 0.6 is 0 Å². The van der Waals surface area contributed by atoms with Crippen molar-refractivity contribution in [2.24, 2.45) is 11.8 Å². The summed E-state index contributed by atoms with van der Waals surface area (Å²) in [6, 6.07) is 13.1. The topological polar surface area (TPSA) is 24.9 Å². The second kappa shape index (κ2) is 5.20. The molecule has 0 radical (unpaired) electrons. The molecule has 1 aromatic carbocycles. The van der Waals surface area contributed by atoms with Crippen molar-refractivity contribution >= 4 is 16.7 Å². The van der Waals surface area contributed by atoms with Gasteiger partial charge in [0.25, 0.3) is 0 Å². The molecule has 0 saturated heterocycles. The lowest BCUT2D eigenvalue weighted by Crippen LogP contribution is -2.30. The number of nitrogens with one attached hydrogen (secondary N) is 1. The van der Waals surface area contributed by atoms with Gasteiger partial charge in [0.1, 0.15) is 5.82 Å². The number of nitrogens with zero attached hydrogens (tertiary/aromatic N) is 1. The van der Waals surface area contributed by atoms with Crippen molar-refractivity contribution in [3.05, 3.63) is 36.4 Å². The van der Waals surface area contributed by atoms with Crippen LogP contribution in [-0.4, -0.2) is 11.0 Å². The number of para-hydroxylation sites is 1. The van der Waals surface area contributed by atoms with Gasteiger partial charge in [0.15, 0.2) is 0 Å². The van der Waals surface area contributed by atoms with Gasteiger partial charge >= 0.3 is 0 Å². The van der Waals surface area contributed by atoms with Crippen LogP contribution in [-0.2, 0) is 0 Å². The van der Waals surface area contributed by atoms with E-state index in [2.05, 4.69) is 49.5 Å². The first kappa shape index (κ1) is 12.5. The normalized spacial score (nSPS) is 27.4. The first-order valence-corrected chi connectivity index (χ1v) is 7.34. The van der Waals surface area contributed by atoms with E-state index in [-0.39, 0.29) is 0 Å². The van der Waals surface area contributed by atoms with Crippen molar-refractivity contribution in [1.82, 2.24) is 4.98 Å². The number of fused-ring (bicyclic) bond motifs is 1. The summed E-state index contributed by atoms with van der Waals surface area (Å²) in [6.07, 6.45) is 3.85. The van der Waals surface area contributed by atoms with Crippen LogP contribution in [0.25, 0.3) is 10.9 Å². The van der Waals surface area contributed by atoms with Crippen molar-refractivity contribution in [2.75, 3.05) is 5.32 Å². The molecule has 1 aliphatic rings. The Kier molecular flexibility index (Phi) is 3.41. The number of aromatic nitrogens is 1. The van der Waals surface area contributed by atoms with Gasteiger partial charge in [0, 0.05) is 11.4 Å². The van der Waals surface area contributed by atoms with E-state index in [1.807, 2.05) is 6.07 Å². The fraction of sp³-hybridized carbons (Fsp3) is 0.471. The van der Waals surface area contributed by atoms with E-state index >= 15 is 0 Å². The zero-order chi connectivity index (χ0) is 13.2. The van der Waals surface area contributed by atoms with Crippen LogP contribution in [0.15, 0.2) is 36.4 Å². The quantitative estimate of drug-likeness (QED) is 0.855. The van der Waals surface area contributed by atoms with E-state index in [0.717, 1.165) is 23.2 Å². The maximum absolute atomic E-state index is 4.70. The molecule has 100 valence electrons. The Bertz CT molecular complexity index is 564. The van der Waals surface area contributed by atoms with Crippen molar-refractivity contribution in [2.45, 2.75) is 39.2 Å². The molecular formula is C17H22N2. The molecule has 1 aromatic heterocycles. The first-order chi connectivity index (χ1) is 9.22. The Morgan fingerprint density at radius 3 is 2.68 bits per heavy atom. The molecule has 19 heavy (non-hydrogen) atoms. The molecule has 1 fully saturated rings. The van der Waals surface area contributed by atoms with Gasteiger partial charge in [-0.3, -0.25) is 0 Å². The summed E-state index contributed by atoms with van der Waals surface area (Å²) >= 11 is 0. The van der Waals surface area contributed by atoms with Crippen molar-refractivity contribution in [3.8, 4) is 0 Å². The van der Waals surface area contributed by atoms with Gasteiger partial charge in [0.2, 0.25) is 0 Å². The largest absolute Gasteiger partial charge is 0.367 e. The van der Waals surface area contributed by atoms with Crippen LogP contribution in [0, 0.1) is 11.8 Å². The van der Waals surface area contributed by atoms with Gasteiger partial charge in [-0.25, -0.2) is 4.98 Å². The third-order valence-electron chi connectivity index (χ3n) is 4.55. The van der Waals surface area contributed by atoms with Gasteiger partial charge in [-0.2, -0.15) is 0 Å². The van der Waals surface area contributed by atoms with Crippen molar-refractivity contribution in [3.63, 3.8) is 0 Å². The summed E-state index contributed by atoms with van der Waals surface area (Å²) in [7, 11) is 0. The molecule has 3 unspecified atom stereocenters. The number of anilines is 1. The molecule has 1 N–H and O–H groups in total. The third-order valence-corrected chi connectivity index (χ3v) is 4.55. The van der Waals surface area contributed by atoms with Gasteiger partial charge in [-0.05, 0) is 49.3 Å². The minimum atomic E-state index is 0.583. The molecule has 1 heterocycles. The maximum atomic E-state index is 4.70. The average Bonchev–Trinajstić information content (AvgIpc) is 2.43. The standard InChI is InChI=1S/C17H22N2/c1-12-7-9-15(11-13(12)2)18-17-10-8-14-5-3-4-6-16(14)19-17/h3-6,8,10,12-13,15H,7,9,11H2,1-2H3,(H,18,19). The van der Waals surface area contributed by atoms with Crippen LogP contribution in [0.5, 0.6) is 0 Å². The summed E-state index contributed by atoms with van der Waals surface area (Å²) in [5.74, 6) is 2.69. The van der Waals surface area contributed by atoms with E-state index in [0.29, 0.717) is 6.04 Å². The Hall–Kier alpha value is -1.57. The minimum absolute atomic E-state index is 0.583. The Morgan fingerprint density at radius 1 is 1.00 bits per heavy atom. The fourth-order valence-electron chi connectivity index (χ4n) is 3.03. The predicted octanol–water partition coefficient (Wildman–Crippen LogP) is 4.47. The van der Waals surface area contributed by atoms with Gasteiger partial charge in [0.05, 0.1) is 5.52 Å². The molecule has 0 bridgehead atoms. The monoisotopic (exact) mass is 254 g/mol. The molecular weight excluding hydrogens is 232 g/mol. The summed E-state index contributed by atoms with van der Waals surface area (Å²) in [4.78, 5) is 4.70. The van der Waals surface area contributed by atoms with E-state index < -0.39 is 0 Å². The molecule has 0 aliphatic heterocycles. The average molecular weight is 254 g/mol. The molecule has 2 aromatic rings. The van der Waals surface area contributed by atoms with Gasteiger partial charge in [-0.15, -0.1) is 0 Å². The second-order valence-corrected chi connectivity index (χ2v) is 6.00. The molecule has 0 amide bonds. The lowest BCUT2D eigenvalue weighted by molar-refractivity contribution is 0.260. The molecule has 2 nitrogen and oxygen atoms in total. The van der Waals surface area contributed by atoms with Crippen molar-refractivity contribution in [1.29, 1.82) is 0 Å². The highest BCUT2D eigenvalue weighted by Gasteiger charge is 2.24. The highest BCUT2D eigenvalue weighted by molar-refractivity contribution is 5.80. The summed E-state index contributed by atoms with van der Waals surface area (Å²) in [6.45, 7) is 4.74. The predicted molar refractivity (Wildman–Crippen MR) is 81.3 cm³/mol. The lowest BCUT2D eigenvalue weighted by Gasteiger charge is -2.32. The van der Waals surface area contributed by atoms with Gasteiger partial charge in [-0.1, -0.05) is 32.0 Å². The highest BCUT2D eigenvalue weighted by atomic mass is 15.0. The SMILES string of the molecule is CC1CCC(Nc2ccc3ccccc3n2)CC1C. The van der Waals surface area contributed by atoms with Crippen LogP contribution in [0.4, 0.5) is 5.82 Å². The number of rotatable bonds is 2. The smallest absolute Gasteiger partial charge is 0.126 e. The number of hydrogen-bond acceptors (Lipinski definition) is 2. The second-order valence-electron chi connectivity index (χ2n) is 6.00. The molecule has 3 rings (SSSR count). The lowest BCUT2D eigenvalue weighted by atomic mass is 9.79. The third kappa shape index (κ3) is 2.73. The summed E-state index contributed by atoms with van der Waals surface area (Å²) in [5.41, 5.74) is 1.07. The zero-order valence-corrected chi connectivity index (χ0v) is 11.8. The Labute approximate surface area is 115 Å². The molecule has 3 atom stereocenters. The number of benzene rings is 1. The highest BCUT2D eigenvalue weighted by Crippen LogP contribution is 2.31. The first-order valence-electron chi connectivity index (χ1n) is 7.34. The summed E-state index contributed by atoms with van der Waals surface area (Å²) in [5, 5.41) is 4.82. The maximum Gasteiger partial charge on any atom is 0.126 e. The van der Waals surface area contributed by atoms with Crippen LogP contribution in [0.1, 0.15) is 33.1 Å². The van der Waals surface area contributed by atoms with E-state index in [1.54, 1.807) is 0 Å². The molecule has 0 spiro atoms. The zero-order valence-electron chi connectivity index (χ0n) is 11.8. The van der Waals surface area contributed by atoms with Gasteiger partial charge < -0.3 is 5.32 Å². The van der Waals surface area contributed by atoms with Crippen LogP contribution in [0.2, 0.25) is 0 Å². The number of hydrogen-bond donors (Lipinski definition) is 1. The van der Waals surface area contributed by atoms with Crippen LogP contribution < -0.4 is 5.32 Å². The molecule has 1 saturated carbocycles.